The number of rotatable bonds is 1. The van der Waals surface area contributed by atoms with Crippen LogP contribution in [0.1, 0.15) is 19.3 Å². The van der Waals surface area contributed by atoms with Crippen molar-refractivity contribution in [3.05, 3.63) is 0 Å². The van der Waals surface area contributed by atoms with E-state index in [1.54, 1.807) is 0 Å². The van der Waals surface area contributed by atoms with E-state index < -0.39 is 12.1 Å². The first-order chi connectivity index (χ1) is 6.11. The molecular weight excluding hydrogens is 174 g/mol. The molecule has 1 saturated heterocycles. The molecule has 74 valence electrons. The van der Waals surface area contributed by atoms with Crippen molar-refractivity contribution in [3.8, 4) is 0 Å². The highest BCUT2D eigenvalue weighted by Crippen LogP contribution is 2.17. The lowest BCUT2D eigenvalue weighted by atomic mass is 10.0. The van der Waals surface area contributed by atoms with Gasteiger partial charge in [-0.2, -0.15) is 0 Å². The van der Waals surface area contributed by atoms with Gasteiger partial charge < -0.3 is 15.1 Å². The zero-order valence-corrected chi connectivity index (χ0v) is 7.27. The summed E-state index contributed by atoms with van der Waals surface area (Å²) in [5.74, 6) is -1.18. The van der Waals surface area contributed by atoms with Crippen LogP contribution in [0.5, 0.6) is 0 Å². The van der Waals surface area contributed by atoms with Crippen LogP contribution in [0.3, 0.4) is 0 Å². The van der Waals surface area contributed by atoms with Crippen LogP contribution in [0.4, 0.5) is 4.79 Å². The third kappa shape index (κ3) is 2.61. The number of carbonyl (C=O) groups is 2. The van der Waals surface area contributed by atoms with Gasteiger partial charge in [0.05, 0.1) is 5.92 Å². The minimum absolute atomic E-state index is 0.340. The molecule has 2 N–H and O–H groups in total. The van der Waals surface area contributed by atoms with Gasteiger partial charge in [-0.1, -0.05) is 0 Å². The number of carboxylic acids is 1. The average molecular weight is 187 g/mol. The second-order valence-corrected chi connectivity index (χ2v) is 3.24. The van der Waals surface area contributed by atoms with Gasteiger partial charge >= 0.3 is 12.1 Å². The van der Waals surface area contributed by atoms with Gasteiger partial charge in [0.15, 0.2) is 0 Å². The first kappa shape index (κ1) is 9.83. The van der Waals surface area contributed by atoms with Crippen molar-refractivity contribution < 1.29 is 19.8 Å². The van der Waals surface area contributed by atoms with Crippen LogP contribution < -0.4 is 0 Å². The van der Waals surface area contributed by atoms with Gasteiger partial charge in [0, 0.05) is 13.1 Å². The Balaban J connectivity index is 2.48. The van der Waals surface area contributed by atoms with E-state index >= 15 is 0 Å². The van der Waals surface area contributed by atoms with Crippen molar-refractivity contribution in [2.75, 3.05) is 13.1 Å². The molecular formula is C8H13NO4. The summed E-state index contributed by atoms with van der Waals surface area (Å²) < 4.78 is 0. The molecule has 1 unspecified atom stereocenters. The van der Waals surface area contributed by atoms with Gasteiger partial charge in [-0.3, -0.25) is 4.79 Å². The lowest BCUT2D eigenvalue weighted by molar-refractivity contribution is -0.142. The van der Waals surface area contributed by atoms with Crippen molar-refractivity contribution in [2.24, 2.45) is 5.92 Å². The Morgan fingerprint density at radius 1 is 1.15 bits per heavy atom. The number of hydrogen-bond donors (Lipinski definition) is 2. The zero-order valence-electron chi connectivity index (χ0n) is 7.27. The monoisotopic (exact) mass is 187 g/mol. The topological polar surface area (TPSA) is 77.8 Å². The lowest BCUT2D eigenvalue weighted by Gasteiger charge is -2.15. The molecule has 0 saturated carbocycles. The van der Waals surface area contributed by atoms with Crippen LogP contribution in [0, 0.1) is 5.92 Å². The molecule has 0 spiro atoms. The van der Waals surface area contributed by atoms with Crippen molar-refractivity contribution in [2.45, 2.75) is 19.3 Å². The Morgan fingerprint density at radius 3 is 2.38 bits per heavy atom. The van der Waals surface area contributed by atoms with E-state index in [1.807, 2.05) is 0 Å². The molecule has 1 fully saturated rings. The lowest BCUT2D eigenvalue weighted by Crippen LogP contribution is -2.30. The first-order valence-electron chi connectivity index (χ1n) is 4.32. The van der Waals surface area contributed by atoms with Gasteiger partial charge in [0.1, 0.15) is 0 Å². The van der Waals surface area contributed by atoms with Crippen LogP contribution in [-0.2, 0) is 4.79 Å². The molecule has 13 heavy (non-hydrogen) atoms. The van der Waals surface area contributed by atoms with Gasteiger partial charge in [-0.15, -0.1) is 0 Å². The Bertz CT molecular complexity index is 194. The van der Waals surface area contributed by atoms with Gasteiger partial charge in [-0.25, -0.2) is 4.79 Å². The van der Waals surface area contributed by atoms with Crippen molar-refractivity contribution in [3.63, 3.8) is 0 Å². The van der Waals surface area contributed by atoms with Crippen LogP contribution in [0.15, 0.2) is 0 Å². The number of likely N-dealkylation sites (tertiary alicyclic amines) is 1. The molecule has 0 bridgehead atoms. The van der Waals surface area contributed by atoms with Crippen LogP contribution in [0.2, 0.25) is 0 Å². The number of aliphatic carboxylic acids is 1. The highest BCUT2D eigenvalue weighted by atomic mass is 16.4. The predicted octanol–water partition coefficient (Wildman–Crippen LogP) is 0.851. The van der Waals surface area contributed by atoms with E-state index in [0.29, 0.717) is 32.4 Å². The maximum absolute atomic E-state index is 10.6. The highest BCUT2D eigenvalue weighted by Gasteiger charge is 2.23. The van der Waals surface area contributed by atoms with E-state index in [2.05, 4.69) is 0 Å². The van der Waals surface area contributed by atoms with Crippen LogP contribution in [0.25, 0.3) is 0 Å². The normalized spacial score (nSPS) is 23.7. The molecule has 1 heterocycles. The van der Waals surface area contributed by atoms with E-state index in [1.165, 1.54) is 4.90 Å². The molecule has 0 aromatic rings. The van der Waals surface area contributed by atoms with Gasteiger partial charge in [0.25, 0.3) is 0 Å². The summed E-state index contributed by atoms with van der Waals surface area (Å²) in [6.07, 6.45) is 0.704. The number of nitrogens with zero attached hydrogens (tertiary/aromatic N) is 1. The summed E-state index contributed by atoms with van der Waals surface area (Å²) in [5.41, 5.74) is 0. The third-order valence-electron chi connectivity index (χ3n) is 2.35. The highest BCUT2D eigenvalue weighted by molar-refractivity contribution is 5.70. The second-order valence-electron chi connectivity index (χ2n) is 3.24. The van der Waals surface area contributed by atoms with Gasteiger partial charge in [0.2, 0.25) is 0 Å². The summed E-state index contributed by atoms with van der Waals surface area (Å²) in [5, 5.41) is 17.4. The minimum atomic E-state index is -0.953. The molecule has 5 heteroatoms. The van der Waals surface area contributed by atoms with Crippen molar-refractivity contribution >= 4 is 12.1 Å². The quantitative estimate of drug-likeness (QED) is 0.638. The van der Waals surface area contributed by atoms with Crippen molar-refractivity contribution in [1.29, 1.82) is 0 Å². The SMILES string of the molecule is O=C(O)C1CCCN(C(=O)O)CC1. The maximum Gasteiger partial charge on any atom is 0.407 e. The maximum atomic E-state index is 10.6. The largest absolute Gasteiger partial charge is 0.481 e. The molecule has 1 atom stereocenters. The smallest absolute Gasteiger partial charge is 0.407 e. The molecule has 1 amide bonds. The molecule has 1 aliphatic rings. The number of amides is 1. The molecule has 0 aromatic heterocycles. The summed E-state index contributed by atoms with van der Waals surface area (Å²) in [4.78, 5) is 22.5. The fourth-order valence-corrected chi connectivity index (χ4v) is 1.53. The van der Waals surface area contributed by atoms with Crippen LogP contribution >= 0.6 is 0 Å². The summed E-state index contributed by atoms with van der Waals surface area (Å²) in [6.45, 7) is 0.797. The number of carboxylic acid groups (broad SMARTS) is 2. The molecule has 0 aromatic carbocycles. The minimum Gasteiger partial charge on any atom is -0.481 e. The average Bonchev–Trinajstić information content (AvgIpc) is 2.27. The Morgan fingerprint density at radius 2 is 1.85 bits per heavy atom. The van der Waals surface area contributed by atoms with E-state index in [4.69, 9.17) is 10.2 Å². The molecule has 1 rings (SSSR count). The Kier molecular flexibility index (Phi) is 3.11. The van der Waals surface area contributed by atoms with E-state index in [-0.39, 0.29) is 5.92 Å². The fraction of sp³-hybridized carbons (Fsp3) is 0.750. The fourth-order valence-electron chi connectivity index (χ4n) is 1.53. The molecule has 0 radical (unpaired) electrons. The van der Waals surface area contributed by atoms with Gasteiger partial charge in [-0.05, 0) is 19.3 Å². The first-order valence-corrected chi connectivity index (χ1v) is 4.32. The standard InChI is InChI=1S/C8H13NO4/c10-7(11)6-2-1-4-9(5-3-6)8(12)13/h6H,1-5H2,(H,10,11)(H,12,13). The van der Waals surface area contributed by atoms with Crippen LogP contribution in [-0.4, -0.2) is 40.3 Å². The Labute approximate surface area is 76.0 Å². The predicted molar refractivity (Wildman–Crippen MR) is 44.6 cm³/mol. The number of hydrogen-bond acceptors (Lipinski definition) is 2. The zero-order chi connectivity index (χ0) is 9.84. The molecule has 0 aliphatic carbocycles. The third-order valence-corrected chi connectivity index (χ3v) is 2.35. The van der Waals surface area contributed by atoms with Crippen molar-refractivity contribution in [1.82, 2.24) is 4.90 Å². The molecule has 1 aliphatic heterocycles. The summed E-state index contributed by atoms with van der Waals surface area (Å²) in [7, 11) is 0. The molecule has 5 nitrogen and oxygen atoms in total. The van der Waals surface area contributed by atoms with E-state index in [9.17, 15) is 9.59 Å². The second kappa shape index (κ2) is 4.11. The summed E-state index contributed by atoms with van der Waals surface area (Å²) in [6, 6.07) is 0. The van der Waals surface area contributed by atoms with E-state index in [0.717, 1.165) is 0 Å². The Hall–Kier alpha value is -1.26. The summed E-state index contributed by atoms with van der Waals surface area (Å²) >= 11 is 0.